The number of anilines is 1. The molecule has 4 nitrogen and oxygen atoms in total. The second-order valence-corrected chi connectivity index (χ2v) is 6.42. The highest BCUT2D eigenvalue weighted by Gasteiger charge is 2.30. The molecule has 9 heteroatoms. The van der Waals surface area contributed by atoms with E-state index in [1.165, 1.54) is 12.1 Å². The van der Waals surface area contributed by atoms with E-state index in [1.54, 1.807) is 24.5 Å². The van der Waals surface area contributed by atoms with Crippen LogP contribution in [0.4, 0.5) is 23.4 Å². The van der Waals surface area contributed by atoms with Crippen LogP contribution in [-0.4, -0.2) is 35.3 Å². The Balaban J connectivity index is 0.00000225. The Morgan fingerprint density at radius 3 is 2.43 bits per heavy atom. The molecule has 0 radical (unpaired) electrons. The topological polar surface area (TPSA) is 49.8 Å². The number of nitrogens with one attached hydrogen (secondary N) is 2. The van der Waals surface area contributed by atoms with Crippen molar-refractivity contribution in [2.75, 3.05) is 18.4 Å². The van der Waals surface area contributed by atoms with E-state index >= 15 is 0 Å². The molecule has 3 aromatic rings. The molecule has 1 aromatic carbocycles. The Morgan fingerprint density at radius 1 is 1.04 bits per heavy atom. The first kappa shape index (κ1) is 20.3. The summed E-state index contributed by atoms with van der Waals surface area (Å²) in [6, 6.07) is 8.03. The van der Waals surface area contributed by atoms with E-state index in [4.69, 9.17) is 0 Å². The first-order chi connectivity index (χ1) is 12.9. The van der Waals surface area contributed by atoms with Gasteiger partial charge < -0.3 is 10.6 Å². The van der Waals surface area contributed by atoms with Crippen molar-refractivity contribution in [3.63, 3.8) is 0 Å². The molecule has 1 fully saturated rings. The van der Waals surface area contributed by atoms with Crippen molar-refractivity contribution in [2.45, 2.75) is 18.4 Å². The van der Waals surface area contributed by atoms with E-state index in [0.717, 1.165) is 12.1 Å². The Bertz CT molecular complexity index is 962. The van der Waals surface area contributed by atoms with Crippen molar-refractivity contribution in [2.24, 2.45) is 0 Å². The average molecular weight is 413 g/mol. The van der Waals surface area contributed by atoms with Crippen LogP contribution in [0.3, 0.4) is 0 Å². The molecule has 1 aliphatic rings. The van der Waals surface area contributed by atoms with Gasteiger partial charge in [0.15, 0.2) is 0 Å². The maximum absolute atomic E-state index is 13.9. The monoisotopic (exact) mass is 412 g/mol. The lowest BCUT2D eigenvalue weighted by atomic mass is 10.0. The zero-order chi connectivity index (χ0) is 19.0. The van der Waals surface area contributed by atoms with E-state index in [1.807, 2.05) is 0 Å². The molecule has 0 bridgehead atoms. The molecule has 2 N–H and O–H groups in total. The quantitative estimate of drug-likeness (QED) is 0.624. The number of nitrogens with zero attached hydrogens (tertiary/aromatic N) is 2. The molecule has 2 aromatic heterocycles. The third-order valence-electron chi connectivity index (χ3n) is 4.63. The lowest BCUT2D eigenvalue weighted by Gasteiger charge is -2.17. The highest BCUT2D eigenvalue weighted by molar-refractivity contribution is 5.99. The summed E-state index contributed by atoms with van der Waals surface area (Å²) in [6.45, 7) is 0.781. The zero-order valence-corrected chi connectivity index (χ0v) is 15.3. The highest BCUT2D eigenvalue weighted by Crippen LogP contribution is 2.34. The molecular formula is C19H17ClF4N4. The molecule has 4 rings (SSSR count). The summed E-state index contributed by atoms with van der Waals surface area (Å²) in [5.74, 6) is 0.505. The second kappa shape index (κ2) is 7.89. The number of benzene rings is 1. The first-order valence-electron chi connectivity index (χ1n) is 8.46. The summed E-state index contributed by atoms with van der Waals surface area (Å²) < 4.78 is 52.2. The molecule has 0 amide bonds. The summed E-state index contributed by atoms with van der Waals surface area (Å²) in [6.07, 6.45) is -2.25. The van der Waals surface area contributed by atoms with Crippen molar-refractivity contribution >= 4 is 29.1 Å². The molecule has 3 heterocycles. The van der Waals surface area contributed by atoms with Crippen LogP contribution in [0, 0.1) is 0 Å². The van der Waals surface area contributed by atoms with E-state index in [0.29, 0.717) is 34.4 Å². The minimum atomic E-state index is -4.39. The Hall–Kier alpha value is -2.45. The molecule has 0 saturated carbocycles. The summed E-state index contributed by atoms with van der Waals surface area (Å²) in [5, 5.41) is 6.77. The average Bonchev–Trinajstić information content (AvgIpc) is 3.06. The molecule has 28 heavy (non-hydrogen) atoms. The maximum Gasteiger partial charge on any atom is 0.416 e. The van der Waals surface area contributed by atoms with Crippen LogP contribution in [0.5, 0.6) is 0 Å². The largest absolute Gasteiger partial charge is 0.416 e. The number of hydrogen-bond acceptors (Lipinski definition) is 4. The fourth-order valence-corrected chi connectivity index (χ4v) is 3.20. The van der Waals surface area contributed by atoms with Gasteiger partial charge in [0.1, 0.15) is 12.0 Å². The standard InChI is InChI=1S/C19H16F4N4.ClH/c20-15-9-24-10-16(15)27-18-13-2-1-7-25-17(13)14(8-26-18)11-3-5-12(6-4-11)19(21,22)23;/h1-8,15-16,24H,9-10H2,(H,26,27);1H/t15-,16+;/m0./s1. The van der Waals surface area contributed by atoms with Gasteiger partial charge in [-0.05, 0) is 29.8 Å². The summed E-state index contributed by atoms with van der Waals surface area (Å²) in [7, 11) is 0. The van der Waals surface area contributed by atoms with Gasteiger partial charge >= 0.3 is 6.18 Å². The van der Waals surface area contributed by atoms with E-state index in [-0.39, 0.29) is 19.0 Å². The SMILES string of the molecule is Cl.F[C@H]1CNC[C@H]1Nc1ncc(-c2ccc(C(F)(F)F)cc2)c2ncccc12. The van der Waals surface area contributed by atoms with Crippen molar-refractivity contribution in [3.8, 4) is 11.1 Å². The summed E-state index contributed by atoms with van der Waals surface area (Å²) >= 11 is 0. The molecule has 2 atom stereocenters. The molecule has 148 valence electrons. The van der Waals surface area contributed by atoms with Gasteiger partial charge in [-0.25, -0.2) is 9.37 Å². The van der Waals surface area contributed by atoms with Crippen LogP contribution in [0.15, 0.2) is 48.8 Å². The lowest BCUT2D eigenvalue weighted by molar-refractivity contribution is -0.137. The number of alkyl halides is 4. The number of hydrogen-bond donors (Lipinski definition) is 2. The fourth-order valence-electron chi connectivity index (χ4n) is 3.20. The van der Waals surface area contributed by atoms with Crippen LogP contribution in [0.25, 0.3) is 22.0 Å². The fraction of sp³-hybridized carbons (Fsp3) is 0.263. The minimum absolute atomic E-state index is 0. The highest BCUT2D eigenvalue weighted by atomic mass is 35.5. The molecule has 0 unspecified atom stereocenters. The van der Waals surface area contributed by atoms with E-state index < -0.39 is 24.0 Å². The van der Waals surface area contributed by atoms with Gasteiger partial charge in [-0.3, -0.25) is 4.98 Å². The van der Waals surface area contributed by atoms with E-state index in [2.05, 4.69) is 20.6 Å². The Morgan fingerprint density at radius 2 is 1.79 bits per heavy atom. The minimum Gasteiger partial charge on any atom is -0.363 e. The normalized spacial score (nSPS) is 19.4. The first-order valence-corrected chi connectivity index (χ1v) is 8.46. The lowest BCUT2D eigenvalue weighted by Crippen LogP contribution is -2.29. The van der Waals surface area contributed by atoms with Crippen LogP contribution >= 0.6 is 12.4 Å². The molecule has 0 spiro atoms. The Labute approximate surface area is 164 Å². The smallest absolute Gasteiger partial charge is 0.363 e. The van der Waals surface area contributed by atoms with E-state index in [9.17, 15) is 17.6 Å². The van der Waals surface area contributed by atoms with Crippen molar-refractivity contribution in [3.05, 3.63) is 54.4 Å². The number of halogens is 5. The molecule has 1 aliphatic heterocycles. The third-order valence-corrected chi connectivity index (χ3v) is 4.63. The second-order valence-electron chi connectivity index (χ2n) is 6.42. The van der Waals surface area contributed by atoms with Crippen molar-refractivity contribution in [1.29, 1.82) is 0 Å². The molecule has 1 saturated heterocycles. The number of aromatic nitrogens is 2. The zero-order valence-electron chi connectivity index (χ0n) is 14.5. The van der Waals surface area contributed by atoms with Gasteiger partial charge in [-0.15, -0.1) is 12.4 Å². The van der Waals surface area contributed by atoms with Crippen LogP contribution in [-0.2, 0) is 6.18 Å². The van der Waals surface area contributed by atoms with Crippen molar-refractivity contribution in [1.82, 2.24) is 15.3 Å². The van der Waals surface area contributed by atoms with Gasteiger partial charge in [0.25, 0.3) is 0 Å². The number of pyridine rings is 2. The molecular weight excluding hydrogens is 396 g/mol. The van der Waals surface area contributed by atoms with Gasteiger partial charge in [-0.1, -0.05) is 12.1 Å². The van der Waals surface area contributed by atoms with Gasteiger partial charge in [0.05, 0.1) is 17.1 Å². The third kappa shape index (κ3) is 3.88. The number of fused-ring (bicyclic) bond motifs is 1. The van der Waals surface area contributed by atoms with Gasteiger partial charge in [0.2, 0.25) is 0 Å². The number of rotatable bonds is 3. The summed E-state index contributed by atoms with van der Waals surface area (Å²) in [4.78, 5) is 8.76. The predicted octanol–water partition coefficient (Wildman–Crippen LogP) is 4.46. The predicted molar refractivity (Wildman–Crippen MR) is 102 cm³/mol. The Kier molecular flexibility index (Phi) is 5.71. The van der Waals surface area contributed by atoms with Gasteiger partial charge in [-0.2, -0.15) is 13.2 Å². The van der Waals surface area contributed by atoms with Crippen LogP contribution < -0.4 is 10.6 Å². The molecule has 0 aliphatic carbocycles. The van der Waals surface area contributed by atoms with Crippen molar-refractivity contribution < 1.29 is 17.6 Å². The maximum atomic E-state index is 13.9. The van der Waals surface area contributed by atoms with Crippen LogP contribution in [0.1, 0.15) is 5.56 Å². The van der Waals surface area contributed by atoms with Crippen LogP contribution in [0.2, 0.25) is 0 Å². The summed E-state index contributed by atoms with van der Waals surface area (Å²) in [5.41, 5.74) is 1.08. The van der Waals surface area contributed by atoms with Gasteiger partial charge in [0, 0.05) is 36.4 Å².